The van der Waals surface area contributed by atoms with Gasteiger partial charge >= 0.3 is 0 Å². The van der Waals surface area contributed by atoms with Crippen LogP contribution in [-0.4, -0.2) is 6.29 Å². The molecule has 0 saturated heterocycles. The van der Waals surface area contributed by atoms with Crippen molar-refractivity contribution in [3.8, 4) is 11.1 Å². The number of nitrogens with zero attached hydrogens (tertiary/aromatic N) is 1. The topological polar surface area (TPSA) is 20.3 Å². The van der Waals surface area contributed by atoms with Gasteiger partial charge in [-0.2, -0.15) is 0 Å². The first-order valence-electron chi connectivity index (χ1n) is 10.9. The Morgan fingerprint density at radius 1 is 0.935 bits per heavy atom. The van der Waals surface area contributed by atoms with Crippen LogP contribution in [0.2, 0.25) is 0 Å². The van der Waals surface area contributed by atoms with E-state index in [9.17, 15) is 4.79 Å². The van der Waals surface area contributed by atoms with Crippen molar-refractivity contribution in [2.45, 2.75) is 39.0 Å². The highest BCUT2D eigenvalue weighted by Gasteiger charge is 2.36. The number of fused-ring (bicyclic) bond motifs is 3. The number of hydrogen-bond donors (Lipinski definition) is 0. The van der Waals surface area contributed by atoms with Crippen molar-refractivity contribution >= 4 is 17.7 Å². The maximum atomic E-state index is 11.4. The van der Waals surface area contributed by atoms with Gasteiger partial charge in [0.1, 0.15) is 6.29 Å². The largest absolute Gasteiger partial charge is 0.314 e. The molecule has 0 amide bonds. The number of anilines is 2. The molecule has 0 N–H and O–H groups in total. The zero-order valence-corrected chi connectivity index (χ0v) is 18.6. The molecule has 0 saturated carbocycles. The second-order valence-corrected chi connectivity index (χ2v) is 8.59. The summed E-state index contributed by atoms with van der Waals surface area (Å²) < 4.78 is 0. The maximum Gasteiger partial charge on any atom is 0.150 e. The molecule has 31 heavy (non-hydrogen) atoms. The van der Waals surface area contributed by atoms with Gasteiger partial charge < -0.3 is 4.90 Å². The summed E-state index contributed by atoms with van der Waals surface area (Å²) in [6, 6.07) is 23.3. The van der Waals surface area contributed by atoms with E-state index in [4.69, 9.17) is 0 Å². The molecule has 0 bridgehead atoms. The molecule has 0 fully saturated rings. The van der Waals surface area contributed by atoms with Gasteiger partial charge in [0.2, 0.25) is 0 Å². The number of hydrogen-bond acceptors (Lipinski definition) is 2. The van der Waals surface area contributed by atoms with Gasteiger partial charge in [-0.1, -0.05) is 76.2 Å². The minimum Gasteiger partial charge on any atom is -0.314 e. The van der Waals surface area contributed by atoms with Gasteiger partial charge in [0.15, 0.2) is 0 Å². The average Bonchev–Trinajstić information content (AvgIpc) is 3.01. The molecular formula is C29H29NO. The summed E-state index contributed by atoms with van der Waals surface area (Å²) in [5.74, 6) is 0. The fourth-order valence-corrected chi connectivity index (χ4v) is 4.68. The van der Waals surface area contributed by atoms with E-state index in [2.05, 4.69) is 86.9 Å². The van der Waals surface area contributed by atoms with Crippen molar-refractivity contribution in [2.75, 3.05) is 4.90 Å². The molecule has 156 valence electrons. The van der Waals surface area contributed by atoms with E-state index in [1.165, 1.54) is 28.0 Å². The molecule has 1 aliphatic carbocycles. The van der Waals surface area contributed by atoms with E-state index >= 15 is 0 Å². The molecule has 0 heterocycles. The molecule has 4 rings (SSSR count). The third-order valence-corrected chi connectivity index (χ3v) is 6.20. The Morgan fingerprint density at radius 2 is 1.61 bits per heavy atom. The zero-order valence-electron chi connectivity index (χ0n) is 18.6. The number of rotatable bonds is 7. The molecule has 0 spiro atoms. The second-order valence-electron chi connectivity index (χ2n) is 8.59. The summed E-state index contributed by atoms with van der Waals surface area (Å²) in [6.45, 7) is 10.6. The van der Waals surface area contributed by atoms with Gasteiger partial charge in [0, 0.05) is 28.1 Å². The fourth-order valence-electron chi connectivity index (χ4n) is 4.68. The number of carbonyl (C=O) groups is 1. The zero-order chi connectivity index (χ0) is 22.0. The van der Waals surface area contributed by atoms with Crippen LogP contribution < -0.4 is 4.90 Å². The number of benzene rings is 3. The first-order chi connectivity index (χ1) is 15.0. The minimum absolute atomic E-state index is 0.172. The van der Waals surface area contributed by atoms with Gasteiger partial charge in [-0.15, -0.1) is 0 Å². The fraction of sp³-hybridized carbons (Fsp3) is 0.207. The summed E-state index contributed by atoms with van der Waals surface area (Å²) in [5, 5.41) is 0. The van der Waals surface area contributed by atoms with E-state index in [1.54, 1.807) is 0 Å². The van der Waals surface area contributed by atoms with Crippen LogP contribution in [-0.2, 0) is 5.41 Å². The maximum absolute atomic E-state index is 11.4. The molecule has 0 unspecified atom stereocenters. The molecule has 3 aromatic rings. The summed E-state index contributed by atoms with van der Waals surface area (Å²) in [4.78, 5) is 13.7. The van der Waals surface area contributed by atoms with Crippen molar-refractivity contribution < 1.29 is 4.79 Å². The monoisotopic (exact) mass is 407 g/mol. The van der Waals surface area contributed by atoms with Gasteiger partial charge in [-0.05, 0) is 65.1 Å². The SMILES string of the molecule is C=C/C=C(\CCC)N(c1ccccc1)c1ccc2c(c1)C(C)(C)c1cc(C=O)ccc1-2. The van der Waals surface area contributed by atoms with Crippen molar-refractivity contribution in [1.29, 1.82) is 0 Å². The number of allylic oxidation sites excluding steroid dienone is 3. The van der Waals surface area contributed by atoms with Crippen LogP contribution in [0.1, 0.15) is 55.1 Å². The Hall–Kier alpha value is -3.39. The molecule has 1 aliphatic rings. The molecule has 0 aromatic heterocycles. The standard InChI is InChI=1S/C29H29NO/c1-5-10-22(11-6-2)30(23-12-8-7-9-13-23)24-15-17-26-25-16-14-21(20-31)18-27(25)29(3,4)28(26)19-24/h5,7-10,12-20H,1,6,11H2,2-4H3/b22-10+. The third kappa shape index (κ3) is 3.63. The predicted octanol–water partition coefficient (Wildman–Crippen LogP) is 7.81. The van der Waals surface area contributed by atoms with Crippen LogP contribution in [0.3, 0.4) is 0 Å². The smallest absolute Gasteiger partial charge is 0.150 e. The van der Waals surface area contributed by atoms with Crippen LogP contribution >= 0.6 is 0 Å². The Morgan fingerprint density at radius 3 is 2.26 bits per heavy atom. The summed E-state index contributed by atoms with van der Waals surface area (Å²) in [6.07, 6.45) is 6.93. The lowest BCUT2D eigenvalue weighted by Crippen LogP contribution is -2.19. The second kappa shape index (κ2) is 8.39. The van der Waals surface area contributed by atoms with Crippen molar-refractivity contribution in [1.82, 2.24) is 0 Å². The van der Waals surface area contributed by atoms with Gasteiger partial charge in [0.25, 0.3) is 0 Å². The molecular weight excluding hydrogens is 378 g/mol. The van der Waals surface area contributed by atoms with Crippen LogP contribution in [0, 0.1) is 0 Å². The Bertz CT molecular complexity index is 1150. The summed E-state index contributed by atoms with van der Waals surface area (Å²) in [5.41, 5.74) is 9.03. The number of aldehydes is 1. The molecule has 3 aromatic carbocycles. The summed E-state index contributed by atoms with van der Waals surface area (Å²) >= 11 is 0. The van der Waals surface area contributed by atoms with E-state index < -0.39 is 0 Å². The lowest BCUT2D eigenvalue weighted by atomic mass is 9.82. The number of para-hydroxylation sites is 1. The lowest BCUT2D eigenvalue weighted by molar-refractivity contribution is 0.112. The van der Waals surface area contributed by atoms with Crippen molar-refractivity contribution in [3.63, 3.8) is 0 Å². The van der Waals surface area contributed by atoms with Crippen LogP contribution in [0.4, 0.5) is 11.4 Å². The Balaban J connectivity index is 1.89. The first kappa shape index (κ1) is 20.9. The van der Waals surface area contributed by atoms with Crippen molar-refractivity contribution in [3.05, 3.63) is 108 Å². The highest BCUT2D eigenvalue weighted by Crippen LogP contribution is 2.50. The van der Waals surface area contributed by atoms with Gasteiger partial charge in [0.05, 0.1) is 0 Å². The van der Waals surface area contributed by atoms with E-state index in [1.807, 2.05) is 24.3 Å². The average molecular weight is 408 g/mol. The molecule has 2 heteroatoms. The summed E-state index contributed by atoms with van der Waals surface area (Å²) in [7, 11) is 0. The lowest BCUT2D eigenvalue weighted by Gasteiger charge is -2.30. The minimum atomic E-state index is -0.172. The first-order valence-corrected chi connectivity index (χ1v) is 10.9. The van der Waals surface area contributed by atoms with Crippen LogP contribution in [0.5, 0.6) is 0 Å². The van der Waals surface area contributed by atoms with Crippen molar-refractivity contribution in [2.24, 2.45) is 0 Å². The van der Waals surface area contributed by atoms with E-state index in [-0.39, 0.29) is 5.41 Å². The van der Waals surface area contributed by atoms with Crippen LogP contribution in [0.25, 0.3) is 11.1 Å². The number of carbonyl (C=O) groups excluding carboxylic acids is 1. The molecule has 0 atom stereocenters. The predicted molar refractivity (Wildman–Crippen MR) is 131 cm³/mol. The Kier molecular flexibility index (Phi) is 5.65. The van der Waals surface area contributed by atoms with Gasteiger partial charge in [-0.3, -0.25) is 4.79 Å². The normalized spacial score (nSPS) is 14.0. The van der Waals surface area contributed by atoms with E-state index in [0.29, 0.717) is 0 Å². The quantitative estimate of drug-likeness (QED) is 0.294. The highest BCUT2D eigenvalue weighted by atomic mass is 16.1. The Labute approximate surface area is 185 Å². The molecule has 2 nitrogen and oxygen atoms in total. The molecule has 0 radical (unpaired) electrons. The van der Waals surface area contributed by atoms with Crippen LogP contribution in [0.15, 0.2) is 91.2 Å². The highest BCUT2D eigenvalue weighted by molar-refractivity contribution is 5.87. The third-order valence-electron chi connectivity index (χ3n) is 6.20. The van der Waals surface area contributed by atoms with Gasteiger partial charge in [-0.25, -0.2) is 0 Å². The molecule has 0 aliphatic heterocycles. The van der Waals surface area contributed by atoms with E-state index in [0.717, 1.165) is 36.1 Å².